The van der Waals surface area contributed by atoms with Gasteiger partial charge < -0.3 is 10.0 Å². The van der Waals surface area contributed by atoms with Gasteiger partial charge in [-0.1, -0.05) is 48.5 Å². The normalized spacial score (nSPS) is 15.9. The van der Waals surface area contributed by atoms with Gasteiger partial charge in [-0.15, -0.1) is 12.4 Å². The Balaban J connectivity index is 0.00000336. The minimum atomic E-state index is -0.879. The third-order valence-electron chi connectivity index (χ3n) is 8.06. The molecule has 0 unspecified atom stereocenters. The van der Waals surface area contributed by atoms with Crippen molar-refractivity contribution in [3.63, 3.8) is 0 Å². The minimum Gasteiger partial charge on any atom is -0.478 e. The Morgan fingerprint density at radius 1 is 0.947 bits per heavy atom. The van der Waals surface area contributed by atoms with Crippen LogP contribution < -0.4 is 0 Å². The van der Waals surface area contributed by atoms with Gasteiger partial charge in [-0.3, -0.25) is 4.39 Å². The molecule has 1 aliphatic carbocycles. The van der Waals surface area contributed by atoms with Crippen molar-refractivity contribution in [3.8, 4) is 0 Å². The van der Waals surface area contributed by atoms with Gasteiger partial charge in [0.1, 0.15) is 0 Å². The molecule has 1 fully saturated rings. The summed E-state index contributed by atoms with van der Waals surface area (Å²) in [5.41, 5.74) is 11.5. The molecule has 1 N–H and O–H groups in total. The summed E-state index contributed by atoms with van der Waals surface area (Å²) in [4.78, 5) is 14.0. The van der Waals surface area contributed by atoms with Gasteiger partial charge in [-0.05, 0) is 114 Å². The summed E-state index contributed by atoms with van der Waals surface area (Å²) in [7, 11) is 0. The molecule has 1 saturated heterocycles. The first kappa shape index (κ1) is 28.1. The molecule has 38 heavy (non-hydrogen) atoms. The van der Waals surface area contributed by atoms with Crippen LogP contribution in [0.3, 0.4) is 0 Å². The summed E-state index contributed by atoms with van der Waals surface area (Å²) in [5.74, 6) is -0.237. The van der Waals surface area contributed by atoms with Gasteiger partial charge >= 0.3 is 5.97 Å². The van der Waals surface area contributed by atoms with E-state index >= 15 is 0 Å². The van der Waals surface area contributed by atoms with Gasteiger partial charge in [0.25, 0.3) is 0 Å². The third kappa shape index (κ3) is 6.03. The van der Waals surface area contributed by atoms with Crippen LogP contribution in [0.2, 0.25) is 0 Å². The maximum Gasteiger partial charge on any atom is 0.335 e. The number of aryl methyl sites for hydroxylation is 3. The number of hydrogen-bond acceptors (Lipinski definition) is 2. The van der Waals surface area contributed by atoms with Crippen molar-refractivity contribution in [3.05, 3.63) is 105 Å². The summed E-state index contributed by atoms with van der Waals surface area (Å²) >= 11 is 0. The molecule has 3 nitrogen and oxygen atoms in total. The van der Waals surface area contributed by atoms with E-state index < -0.39 is 5.97 Å². The Hall–Kier alpha value is -2.95. The molecule has 3 aromatic rings. The van der Waals surface area contributed by atoms with Crippen molar-refractivity contribution >= 4 is 29.5 Å². The molecular formula is C33H37ClFNO2. The molecule has 0 radical (unpaired) electrons. The number of alkyl halides is 1. The van der Waals surface area contributed by atoms with Crippen LogP contribution in [0.1, 0.15) is 68.6 Å². The molecule has 0 spiro atoms. The molecule has 0 aromatic heterocycles. The lowest BCUT2D eigenvalue weighted by Crippen LogP contribution is -2.47. The molecule has 0 atom stereocenters. The van der Waals surface area contributed by atoms with Crippen molar-refractivity contribution in [2.24, 2.45) is 5.92 Å². The first-order chi connectivity index (χ1) is 17.9. The Labute approximate surface area is 231 Å². The number of carboxylic acid groups (broad SMARTS) is 1. The molecule has 5 rings (SSSR count). The number of aromatic carboxylic acids is 1. The average Bonchev–Trinajstić information content (AvgIpc) is 3.06. The van der Waals surface area contributed by atoms with Crippen LogP contribution in [-0.4, -0.2) is 42.3 Å². The van der Waals surface area contributed by atoms with E-state index in [9.17, 15) is 14.3 Å². The third-order valence-corrected chi connectivity index (χ3v) is 8.06. The second-order valence-corrected chi connectivity index (χ2v) is 10.8. The maximum atomic E-state index is 12.4. The van der Waals surface area contributed by atoms with E-state index in [0.29, 0.717) is 17.9 Å². The zero-order chi connectivity index (χ0) is 25.9. The lowest BCUT2D eigenvalue weighted by atomic mass is 9.85. The zero-order valence-corrected chi connectivity index (χ0v) is 23.1. The average molecular weight is 534 g/mol. The van der Waals surface area contributed by atoms with E-state index in [1.807, 2.05) is 12.1 Å². The maximum absolute atomic E-state index is 12.4. The zero-order valence-electron chi connectivity index (χ0n) is 22.3. The van der Waals surface area contributed by atoms with E-state index in [4.69, 9.17) is 0 Å². The fourth-order valence-electron chi connectivity index (χ4n) is 5.88. The van der Waals surface area contributed by atoms with Gasteiger partial charge in [-0.25, -0.2) is 4.79 Å². The number of nitrogens with zero attached hydrogens (tertiary/aromatic N) is 1. The quantitative estimate of drug-likeness (QED) is 0.325. The summed E-state index contributed by atoms with van der Waals surface area (Å²) in [6.07, 6.45) is 4.49. The number of carbonyl (C=O) groups is 1. The van der Waals surface area contributed by atoms with Gasteiger partial charge in [0.2, 0.25) is 0 Å². The lowest BCUT2D eigenvalue weighted by Gasteiger charge is -2.39. The predicted octanol–water partition coefficient (Wildman–Crippen LogP) is 7.55. The number of likely N-dealkylation sites (tertiary alicyclic amines) is 1. The molecular weight excluding hydrogens is 497 g/mol. The van der Waals surface area contributed by atoms with Gasteiger partial charge in [0.15, 0.2) is 0 Å². The second-order valence-electron chi connectivity index (χ2n) is 10.8. The molecule has 200 valence electrons. The van der Waals surface area contributed by atoms with Gasteiger partial charge in [0.05, 0.1) is 12.2 Å². The number of halogens is 2. The Morgan fingerprint density at radius 2 is 1.68 bits per heavy atom. The fourth-order valence-corrected chi connectivity index (χ4v) is 5.88. The van der Waals surface area contributed by atoms with Crippen molar-refractivity contribution in [2.75, 3.05) is 26.3 Å². The predicted molar refractivity (Wildman–Crippen MR) is 156 cm³/mol. The highest BCUT2D eigenvalue weighted by molar-refractivity contribution is 6.00. The number of fused-ring (bicyclic) bond motifs is 1. The fraction of sp³-hybridized carbons (Fsp3) is 0.364. The summed E-state index contributed by atoms with van der Waals surface area (Å²) in [5, 5.41) is 9.58. The number of hydrogen-bond donors (Lipinski definition) is 1. The molecule has 1 heterocycles. The molecule has 5 heteroatoms. The van der Waals surface area contributed by atoms with Gasteiger partial charge in [-0.2, -0.15) is 0 Å². The van der Waals surface area contributed by atoms with Crippen LogP contribution in [0.15, 0.2) is 60.7 Å². The molecule has 0 amide bonds. The van der Waals surface area contributed by atoms with E-state index in [1.54, 1.807) is 6.07 Å². The summed E-state index contributed by atoms with van der Waals surface area (Å²) in [6, 6.07) is 21.3. The Bertz CT molecular complexity index is 1330. The topological polar surface area (TPSA) is 40.5 Å². The standard InChI is InChI=1S/C33H36FNO2.ClH/c1-22-7-10-28(17-23(22)2)30-6-3-5-27-19-29(33(36)37)13-14-31(27)32(30)26-11-8-24(9-12-26)18-25-20-35(21-25)16-4-15-34;/h7-14,17,19,25H,3-6,15-16,18,20-21H2,1-2H3,(H,36,37);1H. The first-order valence-corrected chi connectivity index (χ1v) is 13.5. The number of rotatable bonds is 8. The van der Waals surface area contributed by atoms with Crippen LogP contribution >= 0.6 is 12.4 Å². The lowest BCUT2D eigenvalue weighted by molar-refractivity contribution is 0.0696. The van der Waals surface area contributed by atoms with Crippen molar-refractivity contribution in [1.82, 2.24) is 4.90 Å². The van der Waals surface area contributed by atoms with Crippen LogP contribution in [0.4, 0.5) is 4.39 Å². The number of benzene rings is 3. The Kier molecular flexibility index (Phi) is 9.07. The van der Waals surface area contributed by atoms with Crippen LogP contribution in [0.25, 0.3) is 11.1 Å². The largest absolute Gasteiger partial charge is 0.478 e. The highest BCUT2D eigenvalue weighted by Gasteiger charge is 2.26. The minimum absolute atomic E-state index is 0. The summed E-state index contributed by atoms with van der Waals surface area (Å²) < 4.78 is 12.4. The number of allylic oxidation sites excluding steroid dienone is 1. The van der Waals surface area contributed by atoms with E-state index in [-0.39, 0.29) is 19.1 Å². The molecule has 1 aliphatic heterocycles. The van der Waals surface area contributed by atoms with E-state index in [1.165, 1.54) is 39.0 Å². The monoisotopic (exact) mass is 533 g/mol. The van der Waals surface area contributed by atoms with Crippen LogP contribution in [0, 0.1) is 19.8 Å². The van der Waals surface area contributed by atoms with Crippen molar-refractivity contribution in [2.45, 2.75) is 46.0 Å². The van der Waals surface area contributed by atoms with E-state index in [2.05, 4.69) is 61.2 Å². The highest BCUT2D eigenvalue weighted by atomic mass is 35.5. The van der Waals surface area contributed by atoms with Gasteiger partial charge in [0, 0.05) is 19.6 Å². The number of carboxylic acids is 1. The molecule has 0 bridgehead atoms. The SMILES string of the molecule is Cc1ccc(C2=C(c3ccc(CC4CN(CCCF)C4)cc3)c3ccc(C(=O)O)cc3CCC2)cc1C.Cl. The highest BCUT2D eigenvalue weighted by Crippen LogP contribution is 2.40. The summed E-state index contributed by atoms with van der Waals surface area (Å²) in [6.45, 7) is 7.06. The first-order valence-electron chi connectivity index (χ1n) is 13.5. The Morgan fingerprint density at radius 3 is 2.37 bits per heavy atom. The molecule has 3 aromatic carbocycles. The molecule has 0 saturated carbocycles. The van der Waals surface area contributed by atoms with Crippen LogP contribution in [-0.2, 0) is 12.8 Å². The second kappa shape index (κ2) is 12.3. The van der Waals surface area contributed by atoms with Crippen molar-refractivity contribution < 1.29 is 14.3 Å². The smallest absolute Gasteiger partial charge is 0.335 e. The van der Waals surface area contributed by atoms with Crippen LogP contribution in [0.5, 0.6) is 0 Å². The van der Waals surface area contributed by atoms with Crippen molar-refractivity contribution in [1.29, 1.82) is 0 Å². The molecule has 2 aliphatic rings. The van der Waals surface area contributed by atoms with E-state index in [0.717, 1.165) is 56.4 Å².